The number of alkyl halides is 3. The number of nitrogens with zero attached hydrogens (tertiary/aromatic N) is 3. The topological polar surface area (TPSA) is 85.2 Å². The Hall–Kier alpha value is -3.43. The fourth-order valence-electron chi connectivity index (χ4n) is 2.54. The normalized spacial score (nSPS) is 12.5. The molecule has 0 unspecified atom stereocenters. The molecule has 1 aromatic heterocycles. The molecule has 0 radical (unpaired) electrons. The number of amides is 1. The molecule has 0 saturated carbocycles. The highest BCUT2D eigenvalue weighted by molar-refractivity contribution is 6.05. The quantitative estimate of drug-likeness (QED) is 0.439. The number of aryl methyl sites for hydroxylation is 1. The maximum atomic E-state index is 12.9. The van der Waals surface area contributed by atoms with Gasteiger partial charge in [0.25, 0.3) is 5.90 Å². The van der Waals surface area contributed by atoms with Gasteiger partial charge in [-0.1, -0.05) is 11.2 Å². The van der Waals surface area contributed by atoms with Crippen molar-refractivity contribution in [3.05, 3.63) is 58.4 Å². The summed E-state index contributed by atoms with van der Waals surface area (Å²) in [5.41, 5.74) is 1.73. The van der Waals surface area contributed by atoms with Crippen molar-refractivity contribution in [2.75, 3.05) is 12.4 Å². The summed E-state index contributed by atoms with van der Waals surface area (Å²) in [7, 11) is 1.30. The van der Waals surface area contributed by atoms with Crippen LogP contribution in [0.1, 0.15) is 41.8 Å². The van der Waals surface area contributed by atoms with E-state index in [0.717, 1.165) is 29.5 Å². The molecule has 0 aliphatic carbocycles. The van der Waals surface area contributed by atoms with Gasteiger partial charge in [0, 0.05) is 13.1 Å². The number of nitrogens with one attached hydrogen (secondary N) is 1. The van der Waals surface area contributed by atoms with Crippen molar-refractivity contribution >= 4 is 23.2 Å². The average Bonchev–Trinajstić information content (AvgIpc) is 2.67. The fraction of sp³-hybridized carbons (Fsp3) is 0.300. The van der Waals surface area contributed by atoms with Gasteiger partial charge in [-0.3, -0.25) is 9.78 Å². The Labute approximate surface area is 171 Å². The van der Waals surface area contributed by atoms with Crippen LogP contribution < -0.4 is 5.32 Å². The van der Waals surface area contributed by atoms with E-state index >= 15 is 0 Å². The van der Waals surface area contributed by atoms with Gasteiger partial charge >= 0.3 is 6.18 Å². The highest BCUT2D eigenvalue weighted by Crippen LogP contribution is 2.29. The Morgan fingerprint density at radius 2 is 1.83 bits per heavy atom. The molecule has 0 spiro atoms. The Morgan fingerprint density at radius 1 is 1.13 bits per heavy atom. The molecule has 0 aliphatic rings. The smallest absolute Gasteiger partial charge is 0.396 e. The molecular formula is C20H21F3N4O3. The lowest BCUT2D eigenvalue weighted by molar-refractivity contribution is -0.137. The summed E-state index contributed by atoms with van der Waals surface area (Å²) >= 11 is 0. The van der Waals surface area contributed by atoms with Crippen LogP contribution in [0.2, 0.25) is 0 Å². The van der Waals surface area contributed by atoms with E-state index in [1.165, 1.54) is 21.0 Å². The van der Waals surface area contributed by atoms with E-state index in [1.54, 1.807) is 13.0 Å². The third kappa shape index (κ3) is 5.56. The first-order valence-corrected chi connectivity index (χ1v) is 8.79. The van der Waals surface area contributed by atoms with E-state index in [9.17, 15) is 18.0 Å². The Bertz CT molecular complexity index is 1000. The zero-order valence-electron chi connectivity index (χ0n) is 17.1. The van der Waals surface area contributed by atoms with Crippen LogP contribution in [-0.2, 0) is 20.6 Å². The maximum Gasteiger partial charge on any atom is 0.416 e. The molecule has 160 valence electrons. The van der Waals surface area contributed by atoms with Crippen molar-refractivity contribution in [2.45, 2.75) is 33.9 Å². The Kier molecular flexibility index (Phi) is 7.14. The van der Waals surface area contributed by atoms with Crippen molar-refractivity contribution in [1.29, 1.82) is 0 Å². The molecule has 2 rings (SSSR count). The number of carbonyl (C=O) groups is 1. The third-order valence-corrected chi connectivity index (χ3v) is 4.16. The number of benzene rings is 1. The molecule has 1 amide bonds. The van der Waals surface area contributed by atoms with Crippen molar-refractivity contribution in [2.24, 2.45) is 10.3 Å². The van der Waals surface area contributed by atoms with Crippen LogP contribution in [0.3, 0.4) is 0 Å². The van der Waals surface area contributed by atoms with Crippen molar-refractivity contribution < 1.29 is 27.6 Å². The summed E-state index contributed by atoms with van der Waals surface area (Å²) in [6, 6.07) is 5.23. The molecule has 0 bridgehead atoms. The number of anilines is 1. The van der Waals surface area contributed by atoms with Gasteiger partial charge in [-0.05, 0) is 55.3 Å². The molecule has 1 aromatic carbocycles. The van der Waals surface area contributed by atoms with Gasteiger partial charge in [-0.25, -0.2) is 0 Å². The van der Waals surface area contributed by atoms with Gasteiger partial charge in [0.05, 0.1) is 22.5 Å². The minimum atomic E-state index is -4.51. The van der Waals surface area contributed by atoms with Crippen molar-refractivity contribution in [3.8, 4) is 0 Å². The summed E-state index contributed by atoms with van der Waals surface area (Å²) in [6.07, 6.45) is -3.46. The van der Waals surface area contributed by atoms with Crippen LogP contribution in [0, 0.1) is 13.8 Å². The van der Waals surface area contributed by atoms with Gasteiger partial charge in [-0.15, -0.1) is 0 Å². The first-order chi connectivity index (χ1) is 14.0. The van der Waals surface area contributed by atoms with E-state index in [0.29, 0.717) is 11.3 Å². The predicted molar refractivity (Wildman–Crippen MR) is 106 cm³/mol. The highest BCUT2D eigenvalue weighted by atomic mass is 19.4. The lowest BCUT2D eigenvalue weighted by atomic mass is 10.0. The second-order valence-electron chi connectivity index (χ2n) is 6.39. The molecule has 10 heteroatoms. The molecule has 1 N–H and O–H groups in total. The largest absolute Gasteiger partial charge is 0.416 e. The summed E-state index contributed by atoms with van der Waals surface area (Å²) < 4.78 is 38.8. The molecular weight excluding hydrogens is 401 g/mol. The third-order valence-electron chi connectivity index (χ3n) is 4.16. The lowest BCUT2D eigenvalue weighted by Crippen LogP contribution is -2.15. The monoisotopic (exact) mass is 422 g/mol. The van der Waals surface area contributed by atoms with Gasteiger partial charge in [0.2, 0.25) is 5.91 Å². The fourth-order valence-corrected chi connectivity index (χ4v) is 2.54. The number of rotatable bonds is 5. The van der Waals surface area contributed by atoms with Crippen molar-refractivity contribution in [3.63, 3.8) is 0 Å². The van der Waals surface area contributed by atoms with Gasteiger partial charge in [0.1, 0.15) is 12.8 Å². The van der Waals surface area contributed by atoms with Crippen LogP contribution in [0.4, 0.5) is 18.9 Å². The van der Waals surface area contributed by atoms with Crippen LogP contribution in [0.15, 0.2) is 40.8 Å². The molecule has 0 atom stereocenters. The van der Waals surface area contributed by atoms with Crippen molar-refractivity contribution in [1.82, 2.24) is 4.98 Å². The van der Waals surface area contributed by atoms with Crippen LogP contribution >= 0.6 is 0 Å². The van der Waals surface area contributed by atoms with Gasteiger partial charge < -0.3 is 15.0 Å². The van der Waals surface area contributed by atoms with E-state index in [4.69, 9.17) is 9.68 Å². The number of aromatic nitrogens is 1. The number of halogens is 3. The number of carbonyl (C=O) groups excluding carboxylic acids is 1. The molecule has 0 saturated heterocycles. The van der Waals surface area contributed by atoms with Gasteiger partial charge in [-0.2, -0.15) is 13.2 Å². The summed E-state index contributed by atoms with van der Waals surface area (Å²) in [5, 5.41) is 10.4. The summed E-state index contributed by atoms with van der Waals surface area (Å²) in [6.45, 7) is 6.47. The van der Waals surface area contributed by atoms with Crippen LogP contribution in [0.5, 0.6) is 0 Å². The lowest BCUT2D eigenvalue weighted by Gasteiger charge is -2.15. The number of hydrogen-bond acceptors (Lipinski definition) is 6. The zero-order chi connectivity index (χ0) is 22.5. The molecule has 7 nitrogen and oxygen atoms in total. The molecule has 0 aliphatic heterocycles. The first kappa shape index (κ1) is 22.9. The first-order valence-electron chi connectivity index (χ1n) is 8.79. The molecule has 0 fully saturated rings. The zero-order valence-corrected chi connectivity index (χ0v) is 17.1. The second kappa shape index (κ2) is 9.38. The second-order valence-corrected chi connectivity index (χ2v) is 6.39. The number of oxime groups is 2. The van der Waals surface area contributed by atoms with Gasteiger partial charge in [0.15, 0.2) is 0 Å². The minimum absolute atomic E-state index is 0.00959. The average molecular weight is 422 g/mol. The van der Waals surface area contributed by atoms with E-state index < -0.39 is 11.7 Å². The number of hydrogen-bond donors (Lipinski definition) is 1. The van der Waals surface area contributed by atoms with Crippen LogP contribution in [0.25, 0.3) is 0 Å². The Balaban J connectivity index is 2.44. The Morgan fingerprint density at radius 3 is 2.43 bits per heavy atom. The molecule has 2 aromatic rings. The van der Waals surface area contributed by atoms with E-state index in [1.807, 2.05) is 13.0 Å². The standard InChI is InChI=1S/C20H21F3N4O3/c1-11-6-7-16(25-14(4)28)18(12(11)2)19(27-29-5)30-26-13(3)17-10-15(8-9-24-17)20(21,22)23/h6-10H,1-5H3,(H,25,28)/b26-13+,27-19+. The molecule has 30 heavy (non-hydrogen) atoms. The van der Waals surface area contributed by atoms with E-state index in [2.05, 4.69) is 20.6 Å². The summed E-state index contributed by atoms with van der Waals surface area (Å²) in [4.78, 5) is 25.7. The molecule has 1 heterocycles. The van der Waals surface area contributed by atoms with Crippen LogP contribution in [-0.4, -0.2) is 29.6 Å². The highest BCUT2D eigenvalue weighted by Gasteiger charge is 2.31. The minimum Gasteiger partial charge on any atom is -0.396 e. The van der Waals surface area contributed by atoms with E-state index in [-0.39, 0.29) is 23.2 Å². The maximum absolute atomic E-state index is 12.9. The number of pyridine rings is 1. The predicted octanol–water partition coefficient (Wildman–Crippen LogP) is 4.42. The SMILES string of the molecule is CO/N=C(/O/N=C(\C)c1cc(C(F)(F)F)ccn1)c1c(NC(C)=O)ccc(C)c1C. The summed E-state index contributed by atoms with van der Waals surface area (Å²) in [5.74, 6) is -0.377.